The first-order chi connectivity index (χ1) is 15.9. The molecule has 0 aliphatic carbocycles. The smallest absolute Gasteiger partial charge is 0.255 e. The molecule has 172 valence electrons. The Labute approximate surface area is 194 Å². The Balaban J connectivity index is 1.54. The van der Waals surface area contributed by atoms with E-state index in [0.717, 1.165) is 12.0 Å². The minimum Gasteiger partial charge on any atom is -0.490 e. The summed E-state index contributed by atoms with van der Waals surface area (Å²) in [7, 11) is -2.26. The summed E-state index contributed by atoms with van der Waals surface area (Å²) in [5.41, 5.74) is 1.89. The van der Waals surface area contributed by atoms with Crippen molar-refractivity contribution in [2.24, 2.45) is 0 Å². The predicted molar refractivity (Wildman–Crippen MR) is 126 cm³/mol. The van der Waals surface area contributed by atoms with Crippen molar-refractivity contribution in [3.8, 4) is 11.5 Å². The van der Waals surface area contributed by atoms with Crippen LogP contribution in [0.15, 0.2) is 77.7 Å². The van der Waals surface area contributed by atoms with Crippen LogP contribution in [0.3, 0.4) is 0 Å². The average molecular weight is 467 g/mol. The highest BCUT2D eigenvalue weighted by Crippen LogP contribution is 2.34. The molecule has 3 aromatic carbocycles. The van der Waals surface area contributed by atoms with Gasteiger partial charge in [0, 0.05) is 36.8 Å². The summed E-state index contributed by atoms with van der Waals surface area (Å²) in [5, 5.41) is 2.87. The summed E-state index contributed by atoms with van der Waals surface area (Å²) in [6, 6.07) is 20.3. The number of carbonyl (C=O) groups excluding carboxylic acids is 1. The number of anilines is 1. The van der Waals surface area contributed by atoms with Gasteiger partial charge in [-0.15, -0.1) is 0 Å². The third kappa shape index (κ3) is 5.02. The lowest BCUT2D eigenvalue weighted by Crippen LogP contribution is -2.30. The summed E-state index contributed by atoms with van der Waals surface area (Å²) in [6.07, 6.45) is 0.741. The summed E-state index contributed by atoms with van der Waals surface area (Å²) >= 11 is 0. The van der Waals surface area contributed by atoms with Crippen molar-refractivity contribution in [2.75, 3.05) is 25.6 Å². The second-order valence-corrected chi connectivity index (χ2v) is 9.80. The number of carbonyl (C=O) groups is 1. The molecule has 1 atom stereocenters. The number of sulfonamides is 1. The van der Waals surface area contributed by atoms with Gasteiger partial charge in [0.25, 0.3) is 5.91 Å². The van der Waals surface area contributed by atoms with Crippen molar-refractivity contribution < 1.29 is 22.7 Å². The summed E-state index contributed by atoms with van der Waals surface area (Å²) in [5.74, 6) is 0.748. The molecule has 33 heavy (non-hydrogen) atoms. The maximum Gasteiger partial charge on any atom is 0.255 e. The number of fused-ring (bicyclic) bond motifs is 1. The first kappa shape index (κ1) is 22.8. The molecule has 4 rings (SSSR count). The van der Waals surface area contributed by atoms with Crippen molar-refractivity contribution in [3.63, 3.8) is 0 Å². The molecule has 0 spiro atoms. The molecular weight excluding hydrogens is 440 g/mol. The summed E-state index contributed by atoms with van der Waals surface area (Å²) < 4.78 is 39.2. The van der Waals surface area contributed by atoms with E-state index in [1.54, 1.807) is 55.5 Å². The van der Waals surface area contributed by atoms with Crippen molar-refractivity contribution in [1.82, 2.24) is 4.31 Å². The van der Waals surface area contributed by atoms with Gasteiger partial charge in [0.05, 0.1) is 18.1 Å². The molecule has 1 N–H and O–H groups in total. The van der Waals surface area contributed by atoms with E-state index in [0.29, 0.717) is 36.0 Å². The number of hydrogen-bond acceptors (Lipinski definition) is 5. The Morgan fingerprint density at radius 3 is 2.42 bits per heavy atom. The zero-order valence-electron chi connectivity index (χ0n) is 18.5. The first-order valence-corrected chi connectivity index (χ1v) is 12.1. The van der Waals surface area contributed by atoms with Crippen LogP contribution in [0.4, 0.5) is 5.69 Å². The second kappa shape index (κ2) is 9.64. The fourth-order valence-corrected chi connectivity index (χ4v) is 4.92. The van der Waals surface area contributed by atoms with Crippen molar-refractivity contribution >= 4 is 21.6 Å². The van der Waals surface area contributed by atoms with Gasteiger partial charge in [-0.25, -0.2) is 8.42 Å². The normalized spacial score (nSPS) is 14.4. The maximum atomic E-state index is 13.3. The molecule has 3 aromatic rings. The van der Waals surface area contributed by atoms with E-state index in [1.807, 2.05) is 12.1 Å². The van der Waals surface area contributed by atoms with Gasteiger partial charge in [-0.05, 0) is 48.9 Å². The third-order valence-electron chi connectivity index (χ3n) is 5.60. The van der Waals surface area contributed by atoms with Crippen LogP contribution in [0.2, 0.25) is 0 Å². The fraction of sp³-hybridized carbons (Fsp3) is 0.240. The van der Waals surface area contributed by atoms with Crippen LogP contribution in [0.1, 0.15) is 35.3 Å². The predicted octanol–water partition coefficient (Wildman–Crippen LogP) is 4.48. The van der Waals surface area contributed by atoms with Crippen molar-refractivity contribution in [1.29, 1.82) is 0 Å². The van der Waals surface area contributed by atoms with Crippen LogP contribution in [0, 0.1) is 0 Å². The number of nitrogens with zero attached hydrogens (tertiary/aromatic N) is 1. The lowest BCUT2D eigenvalue weighted by Gasteiger charge is -2.25. The van der Waals surface area contributed by atoms with Crippen LogP contribution in [-0.2, 0) is 10.0 Å². The Morgan fingerprint density at radius 2 is 1.67 bits per heavy atom. The monoisotopic (exact) mass is 466 g/mol. The lowest BCUT2D eigenvalue weighted by atomic mass is 10.1. The molecular formula is C25H26N2O5S. The first-order valence-electron chi connectivity index (χ1n) is 10.7. The zero-order valence-corrected chi connectivity index (χ0v) is 19.3. The Bertz CT molecular complexity index is 1240. The molecule has 7 nitrogen and oxygen atoms in total. The Morgan fingerprint density at radius 1 is 0.939 bits per heavy atom. The standard InChI is InChI=1S/C25H26N2O5S/c1-18(20-10-6-11-21(16-20)26-25(28)19-8-4-3-5-9-19)27(2)33(29,30)22-12-13-23-24(17-22)32-15-7-14-31-23/h3-6,8-13,16-18H,7,14-15H2,1-2H3,(H,26,28)/t18-/m0/s1. The van der Waals surface area contributed by atoms with Gasteiger partial charge in [0.2, 0.25) is 10.0 Å². The molecule has 0 fully saturated rings. The number of rotatable bonds is 6. The van der Waals surface area contributed by atoms with Gasteiger partial charge in [0.1, 0.15) is 0 Å². The Kier molecular flexibility index (Phi) is 6.67. The molecule has 1 aliphatic heterocycles. The van der Waals surface area contributed by atoms with Gasteiger partial charge >= 0.3 is 0 Å². The van der Waals surface area contributed by atoms with E-state index in [-0.39, 0.29) is 10.8 Å². The summed E-state index contributed by atoms with van der Waals surface area (Å²) in [6.45, 7) is 2.82. The lowest BCUT2D eigenvalue weighted by molar-refractivity contribution is 0.102. The number of benzene rings is 3. The van der Waals surface area contributed by atoms with E-state index in [1.165, 1.54) is 23.5 Å². The highest BCUT2D eigenvalue weighted by molar-refractivity contribution is 7.89. The number of nitrogens with one attached hydrogen (secondary N) is 1. The molecule has 0 radical (unpaired) electrons. The van der Waals surface area contributed by atoms with Crippen LogP contribution in [0.5, 0.6) is 11.5 Å². The SMILES string of the molecule is C[C@@H](c1cccc(NC(=O)c2ccccc2)c1)N(C)S(=O)(=O)c1ccc2c(c1)OCCCO2. The van der Waals surface area contributed by atoms with Gasteiger partial charge in [0.15, 0.2) is 11.5 Å². The minimum absolute atomic E-state index is 0.134. The largest absolute Gasteiger partial charge is 0.490 e. The average Bonchev–Trinajstić information content (AvgIpc) is 3.08. The topological polar surface area (TPSA) is 84.9 Å². The fourth-order valence-electron chi connectivity index (χ4n) is 3.56. The molecule has 1 amide bonds. The number of hydrogen-bond donors (Lipinski definition) is 1. The van der Waals surface area contributed by atoms with Crippen LogP contribution < -0.4 is 14.8 Å². The molecule has 0 saturated carbocycles. The van der Waals surface area contributed by atoms with E-state index >= 15 is 0 Å². The Hall–Kier alpha value is -3.36. The van der Waals surface area contributed by atoms with Crippen molar-refractivity contribution in [2.45, 2.75) is 24.3 Å². The van der Waals surface area contributed by atoms with Crippen molar-refractivity contribution in [3.05, 3.63) is 83.9 Å². The number of ether oxygens (including phenoxy) is 2. The number of amides is 1. The van der Waals surface area contributed by atoms with Crippen LogP contribution in [-0.4, -0.2) is 38.9 Å². The second-order valence-electron chi connectivity index (χ2n) is 7.80. The molecule has 1 aliphatic rings. The molecule has 8 heteroatoms. The molecule has 1 heterocycles. The third-order valence-corrected chi connectivity index (χ3v) is 7.53. The van der Waals surface area contributed by atoms with E-state index in [9.17, 15) is 13.2 Å². The maximum absolute atomic E-state index is 13.3. The molecule has 0 saturated heterocycles. The highest BCUT2D eigenvalue weighted by atomic mass is 32.2. The molecule has 0 bridgehead atoms. The van der Waals surface area contributed by atoms with Gasteiger partial charge in [-0.3, -0.25) is 4.79 Å². The summed E-state index contributed by atoms with van der Waals surface area (Å²) in [4.78, 5) is 12.6. The van der Waals surface area contributed by atoms with E-state index in [4.69, 9.17) is 9.47 Å². The van der Waals surface area contributed by atoms with Gasteiger partial charge in [-0.2, -0.15) is 4.31 Å². The molecule has 0 aromatic heterocycles. The van der Waals surface area contributed by atoms with Gasteiger partial charge in [-0.1, -0.05) is 30.3 Å². The quantitative estimate of drug-likeness (QED) is 0.579. The zero-order chi connectivity index (χ0) is 23.4. The minimum atomic E-state index is -3.80. The van der Waals surface area contributed by atoms with Crippen LogP contribution in [0.25, 0.3) is 0 Å². The van der Waals surface area contributed by atoms with E-state index in [2.05, 4.69) is 5.32 Å². The van der Waals surface area contributed by atoms with Gasteiger partial charge < -0.3 is 14.8 Å². The molecule has 0 unspecified atom stereocenters. The van der Waals surface area contributed by atoms with E-state index < -0.39 is 16.1 Å². The van der Waals surface area contributed by atoms with Crippen LogP contribution >= 0.6 is 0 Å². The highest BCUT2D eigenvalue weighted by Gasteiger charge is 2.28.